The highest BCUT2D eigenvalue weighted by molar-refractivity contribution is 5.87. The maximum Gasteiger partial charge on any atom is 0.335 e. The van der Waals surface area contributed by atoms with Crippen LogP contribution in [0, 0.1) is 0 Å². The number of aromatic carboxylic acids is 1. The van der Waals surface area contributed by atoms with Crippen molar-refractivity contribution in [1.29, 1.82) is 0 Å². The molecule has 0 aliphatic heterocycles. The molecule has 1 aromatic rings. The Bertz CT molecular complexity index is 420. The Labute approximate surface area is 120 Å². The zero-order chi connectivity index (χ0) is 15.2. The number of aliphatic hydroxyl groups excluding tert-OH is 1. The van der Waals surface area contributed by atoms with Gasteiger partial charge in [-0.15, -0.1) is 0 Å². The molecule has 0 aliphatic rings. The second kappa shape index (κ2) is 7.41. The van der Waals surface area contributed by atoms with Crippen LogP contribution >= 0.6 is 0 Å². The minimum atomic E-state index is -0.912. The minimum absolute atomic E-state index is 0.0803. The molecule has 1 atom stereocenters. The van der Waals surface area contributed by atoms with Crippen LogP contribution in [-0.2, 0) is 0 Å². The first-order chi connectivity index (χ1) is 9.33. The van der Waals surface area contributed by atoms with E-state index in [0.717, 1.165) is 18.5 Å². The van der Waals surface area contributed by atoms with Crippen molar-refractivity contribution in [2.75, 3.05) is 13.2 Å². The van der Waals surface area contributed by atoms with Crippen LogP contribution in [0.4, 0.5) is 0 Å². The summed E-state index contributed by atoms with van der Waals surface area (Å²) in [5, 5.41) is 21.5. The first-order valence-electron chi connectivity index (χ1n) is 7.02. The van der Waals surface area contributed by atoms with E-state index in [-0.39, 0.29) is 18.1 Å². The lowest BCUT2D eigenvalue weighted by Crippen LogP contribution is -2.36. The average Bonchev–Trinajstić information content (AvgIpc) is 2.36. The van der Waals surface area contributed by atoms with E-state index in [1.54, 1.807) is 12.1 Å². The molecule has 4 heteroatoms. The normalized spacial score (nSPS) is 13.2. The van der Waals surface area contributed by atoms with E-state index in [2.05, 4.69) is 26.1 Å². The van der Waals surface area contributed by atoms with Gasteiger partial charge in [0.2, 0.25) is 0 Å². The van der Waals surface area contributed by atoms with Crippen LogP contribution in [0.25, 0.3) is 0 Å². The topological polar surface area (TPSA) is 69.6 Å². The quantitative estimate of drug-likeness (QED) is 0.717. The van der Waals surface area contributed by atoms with Gasteiger partial charge in [-0.05, 0) is 63.8 Å². The van der Waals surface area contributed by atoms with Gasteiger partial charge in [-0.25, -0.2) is 4.79 Å². The first kappa shape index (κ1) is 16.7. The number of aliphatic hydroxyl groups is 1. The van der Waals surface area contributed by atoms with Crippen LogP contribution in [0.1, 0.15) is 55.5 Å². The fraction of sp³-hybridized carbons (Fsp3) is 0.562. The summed E-state index contributed by atoms with van der Waals surface area (Å²) < 4.78 is 0. The molecule has 3 N–H and O–H groups in total. The molecule has 0 spiro atoms. The summed E-state index contributed by atoms with van der Waals surface area (Å²) in [5.41, 5.74) is 1.46. The van der Waals surface area contributed by atoms with Gasteiger partial charge in [-0.2, -0.15) is 0 Å². The molecular formula is C16H25NO3. The molecular weight excluding hydrogens is 254 g/mol. The van der Waals surface area contributed by atoms with Gasteiger partial charge in [-0.1, -0.05) is 12.1 Å². The summed E-state index contributed by atoms with van der Waals surface area (Å²) in [6.45, 7) is 7.37. The molecule has 0 bridgehead atoms. The summed E-state index contributed by atoms with van der Waals surface area (Å²) in [4.78, 5) is 10.8. The predicted octanol–water partition coefficient (Wildman–Crippen LogP) is 2.63. The van der Waals surface area contributed by atoms with Gasteiger partial charge in [0.1, 0.15) is 0 Å². The third kappa shape index (κ3) is 5.72. The Morgan fingerprint density at radius 3 is 2.25 bits per heavy atom. The van der Waals surface area contributed by atoms with Gasteiger partial charge in [0.05, 0.1) is 5.56 Å². The second-order valence-corrected chi connectivity index (χ2v) is 6.10. The van der Waals surface area contributed by atoms with Crippen LogP contribution < -0.4 is 5.32 Å². The summed E-state index contributed by atoms with van der Waals surface area (Å²) in [7, 11) is 0. The Morgan fingerprint density at radius 1 is 1.20 bits per heavy atom. The van der Waals surface area contributed by atoms with Crippen LogP contribution in [-0.4, -0.2) is 34.9 Å². The van der Waals surface area contributed by atoms with Crippen LogP contribution in [0.2, 0.25) is 0 Å². The van der Waals surface area contributed by atoms with Crippen molar-refractivity contribution in [3.8, 4) is 0 Å². The van der Waals surface area contributed by atoms with E-state index < -0.39 is 5.97 Å². The van der Waals surface area contributed by atoms with Crippen molar-refractivity contribution in [2.45, 2.75) is 45.1 Å². The molecule has 0 saturated heterocycles. The van der Waals surface area contributed by atoms with Gasteiger partial charge < -0.3 is 15.5 Å². The molecule has 0 fully saturated rings. The van der Waals surface area contributed by atoms with E-state index in [4.69, 9.17) is 5.11 Å². The molecule has 0 radical (unpaired) electrons. The molecule has 4 nitrogen and oxygen atoms in total. The summed E-state index contributed by atoms with van der Waals surface area (Å²) in [6.07, 6.45) is 1.61. The third-order valence-corrected chi connectivity index (χ3v) is 3.25. The summed E-state index contributed by atoms with van der Waals surface area (Å²) in [5.74, 6) is -0.664. The van der Waals surface area contributed by atoms with E-state index in [0.29, 0.717) is 12.0 Å². The number of carbonyl (C=O) groups is 1. The molecule has 0 aromatic heterocycles. The SMILES string of the molecule is CC(C)(C)NCCC(CCO)c1ccc(C(=O)O)cc1. The summed E-state index contributed by atoms with van der Waals surface area (Å²) in [6, 6.07) is 6.94. The number of rotatable bonds is 7. The highest BCUT2D eigenvalue weighted by atomic mass is 16.4. The van der Waals surface area contributed by atoms with Crippen molar-refractivity contribution >= 4 is 5.97 Å². The highest BCUT2D eigenvalue weighted by Crippen LogP contribution is 2.23. The van der Waals surface area contributed by atoms with Gasteiger partial charge >= 0.3 is 5.97 Å². The largest absolute Gasteiger partial charge is 0.478 e. The number of benzene rings is 1. The lowest BCUT2D eigenvalue weighted by molar-refractivity contribution is 0.0697. The maximum absolute atomic E-state index is 10.8. The monoisotopic (exact) mass is 279 g/mol. The van der Waals surface area contributed by atoms with Gasteiger partial charge in [0.25, 0.3) is 0 Å². The van der Waals surface area contributed by atoms with Crippen LogP contribution in [0.5, 0.6) is 0 Å². The maximum atomic E-state index is 10.8. The number of nitrogens with one attached hydrogen (secondary N) is 1. The summed E-state index contributed by atoms with van der Waals surface area (Å²) >= 11 is 0. The predicted molar refractivity (Wildman–Crippen MR) is 80.2 cm³/mol. The van der Waals surface area contributed by atoms with E-state index in [1.165, 1.54) is 0 Å². The van der Waals surface area contributed by atoms with Crippen molar-refractivity contribution < 1.29 is 15.0 Å². The zero-order valence-electron chi connectivity index (χ0n) is 12.5. The lowest BCUT2D eigenvalue weighted by Gasteiger charge is -2.23. The van der Waals surface area contributed by atoms with Crippen molar-refractivity contribution in [1.82, 2.24) is 5.32 Å². The van der Waals surface area contributed by atoms with Crippen molar-refractivity contribution in [2.24, 2.45) is 0 Å². The van der Waals surface area contributed by atoms with Crippen molar-refractivity contribution in [3.63, 3.8) is 0 Å². The molecule has 112 valence electrons. The third-order valence-electron chi connectivity index (χ3n) is 3.25. The Kier molecular flexibility index (Phi) is 6.17. The van der Waals surface area contributed by atoms with Crippen LogP contribution in [0.15, 0.2) is 24.3 Å². The average molecular weight is 279 g/mol. The number of hydrogen-bond donors (Lipinski definition) is 3. The number of carboxylic acid groups (broad SMARTS) is 1. The molecule has 0 saturated carbocycles. The molecule has 1 rings (SSSR count). The number of carboxylic acids is 1. The minimum Gasteiger partial charge on any atom is -0.478 e. The van der Waals surface area contributed by atoms with Gasteiger partial charge in [-0.3, -0.25) is 0 Å². The van der Waals surface area contributed by atoms with Crippen molar-refractivity contribution in [3.05, 3.63) is 35.4 Å². The number of hydrogen-bond acceptors (Lipinski definition) is 3. The Hall–Kier alpha value is -1.39. The fourth-order valence-corrected chi connectivity index (χ4v) is 2.15. The first-order valence-corrected chi connectivity index (χ1v) is 7.02. The van der Waals surface area contributed by atoms with Gasteiger partial charge in [0.15, 0.2) is 0 Å². The van der Waals surface area contributed by atoms with E-state index in [9.17, 15) is 9.90 Å². The highest BCUT2D eigenvalue weighted by Gasteiger charge is 2.14. The van der Waals surface area contributed by atoms with E-state index in [1.807, 2.05) is 12.1 Å². The molecule has 1 aromatic carbocycles. The molecule has 1 unspecified atom stereocenters. The Balaban J connectivity index is 2.67. The second-order valence-electron chi connectivity index (χ2n) is 6.10. The zero-order valence-corrected chi connectivity index (χ0v) is 12.5. The Morgan fingerprint density at radius 2 is 1.80 bits per heavy atom. The molecule has 0 heterocycles. The molecule has 0 aliphatic carbocycles. The molecule has 20 heavy (non-hydrogen) atoms. The standard InChI is InChI=1S/C16H25NO3/c1-16(2,3)17-10-8-13(9-11-18)12-4-6-14(7-5-12)15(19)20/h4-7,13,17-18H,8-11H2,1-3H3,(H,19,20). The smallest absolute Gasteiger partial charge is 0.335 e. The van der Waals surface area contributed by atoms with Crippen LogP contribution in [0.3, 0.4) is 0 Å². The lowest BCUT2D eigenvalue weighted by atomic mass is 9.91. The molecule has 0 amide bonds. The fourth-order valence-electron chi connectivity index (χ4n) is 2.15. The van der Waals surface area contributed by atoms with Gasteiger partial charge in [0, 0.05) is 12.1 Å². The van der Waals surface area contributed by atoms with E-state index >= 15 is 0 Å².